The number of piperidine rings is 1. The second-order valence-electron chi connectivity index (χ2n) is 4.67. The Hall–Kier alpha value is -1.00. The topological polar surface area (TPSA) is 23.5 Å². The van der Waals surface area contributed by atoms with Crippen LogP contribution in [0.5, 0.6) is 0 Å². The maximum atomic E-state index is 13.0. The molecule has 1 aliphatic rings. The molecule has 0 saturated carbocycles. The molecule has 1 saturated heterocycles. The van der Waals surface area contributed by atoms with Gasteiger partial charge in [-0.05, 0) is 43.0 Å². The first kappa shape index (κ1) is 12.5. The van der Waals surface area contributed by atoms with Crippen molar-refractivity contribution in [3.8, 4) is 0 Å². The van der Waals surface area contributed by atoms with Crippen molar-refractivity contribution >= 4 is 0 Å². The molecule has 0 amide bonds. The zero-order chi connectivity index (χ0) is 12.3. The van der Waals surface area contributed by atoms with Crippen LogP contribution in [0.25, 0.3) is 0 Å². The highest BCUT2D eigenvalue weighted by atomic mass is 19.2. The van der Waals surface area contributed by atoms with Crippen molar-refractivity contribution in [3.05, 3.63) is 35.4 Å². The molecule has 1 aliphatic heterocycles. The first-order valence-corrected chi connectivity index (χ1v) is 5.96. The van der Waals surface area contributed by atoms with Crippen LogP contribution in [0, 0.1) is 17.6 Å². The molecule has 1 fully saturated rings. The van der Waals surface area contributed by atoms with E-state index in [4.69, 9.17) is 5.11 Å². The lowest BCUT2D eigenvalue weighted by atomic mass is 9.98. The minimum atomic E-state index is -0.805. The molecule has 1 unspecified atom stereocenters. The predicted molar refractivity (Wildman–Crippen MR) is 61.4 cm³/mol. The van der Waals surface area contributed by atoms with Crippen LogP contribution in [-0.4, -0.2) is 29.7 Å². The highest BCUT2D eigenvalue weighted by Gasteiger charge is 2.19. The van der Waals surface area contributed by atoms with Gasteiger partial charge in [0, 0.05) is 19.7 Å². The molecule has 0 bridgehead atoms. The number of benzene rings is 1. The number of halogens is 2. The second-order valence-corrected chi connectivity index (χ2v) is 4.67. The monoisotopic (exact) mass is 241 g/mol. The lowest BCUT2D eigenvalue weighted by Gasteiger charge is -2.31. The summed E-state index contributed by atoms with van der Waals surface area (Å²) in [6.07, 6.45) is 2.10. The van der Waals surface area contributed by atoms with Crippen LogP contribution in [0.2, 0.25) is 0 Å². The Morgan fingerprint density at radius 1 is 1.29 bits per heavy atom. The summed E-state index contributed by atoms with van der Waals surface area (Å²) in [6, 6.07) is 4.02. The van der Waals surface area contributed by atoms with Gasteiger partial charge in [0.05, 0.1) is 0 Å². The van der Waals surface area contributed by atoms with Crippen LogP contribution in [-0.2, 0) is 6.54 Å². The Morgan fingerprint density at radius 3 is 2.82 bits per heavy atom. The summed E-state index contributed by atoms with van der Waals surface area (Å²) >= 11 is 0. The maximum Gasteiger partial charge on any atom is 0.159 e. The third-order valence-electron chi connectivity index (χ3n) is 3.25. The lowest BCUT2D eigenvalue weighted by molar-refractivity contribution is 0.116. The van der Waals surface area contributed by atoms with Crippen molar-refractivity contribution in [3.63, 3.8) is 0 Å². The molecular formula is C13H17F2NO. The number of likely N-dealkylation sites (tertiary alicyclic amines) is 1. The average molecular weight is 241 g/mol. The molecule has 4 heteroatoms. The number of nitrogens with zero attached hydrogens (tertiary/aromatic N) is 1. The third kappa shape index (κ3) is 3.23. The van der Waals surface area contributed by atoms with Crippen LogP contribution in [0.4, 0.5) is 8.78 Å². The van der Waals surface area contributed by atoms with Gasteiger partial charge in [-0.3, -0.25) is 4.90 Å². The highest BCUT2D eigenvalue weighted by molar-refractivity contribution is 5.17. The number of rotatable bonds is 3. The van der Waals surface area contributed by atoms with Gasteiger partial charge < -0.3 is 5.11 Å². The molecule has 2 nitrogen and oxygen atoms in total. The van der Waals surface area contributed by atoms with Crippen molar-refractivity contribution in [1.82, 2.24) is 4.90 Å². The SMILES string of the molecule is OCC1CCCN(Cc2ccc(F)c(F)c2)C1. The van der Waals surface area contributed by atoms with Gasteiger partial charge in [0.2, 0.25) is 0 Å². The number of hydrogen-bond acceptors (Lipinski definition) is 2. The fourth-order valence-electron chi connectivity index (χ4n) is 2.34. The van der Waals surface area contributed by atoms with E-state index in [1.54, 1.807) is 6.07 Å². The summed E-state index contributed by atoms with van der Waals surface area (Å²) < 4.78 is 25.8. The number of aliphatic hydroxyl groups is 1. The van der Waals surface area contributed by atoms with Gasteiger partial charge in [0.15, 0.2) is 11.6 Å². The van der Waals surface area contributed by atoms with E-state index in [2.05, 4.69) is 4.90 Å². The van der Waals surface area contributed by atoms with Crippen molar-refractivity contribution in [1.29, 1.82) is 0 Å². The van der Waals surface area contributed by atoms with Gasteiger partial charge >= 0.3 is 0 Å². The van der Waals surface area contributed by atoms with Gasteiger partial charge in [-0.1, -0.05) is 6.07 Å². The molecule has 17 heavy (non-hydrogen) atoms. The molecular weight excluding hydrogens is 224 g/mol. The van der Waals surface area contributed by atoms with E-state index in [9.17, 15) is 8.78 Å². The number of aliphatic hydroxyl groups excluding tert-OH is 1. The number of hydrogen-bond donors (Lipinski definition) is 1. The van der Waals surface area contributed by atoms with E-state index in [-0.39, 0.29) is 6.61 Å². The van der Waals surface area contributed by atoms with E-state index in [0.29, 0.717) is 12.5 Å². The van der Waals surface area contributed by atoms with Gasteiger partial charge in [0.1, 0.15) is 0 Å². The molecule has 1 heterocycles. The molecule has 1 atom stereocenters. The van der Waals surface area contributed by atoms with Crippen LogP contribution >= 0.6 is 0 Å². The summed E-state index contributed by atoms with van der Waals surface area (Å²) in [5, 5.41) is 9.12. The van der Waals surface area contributed by atoms with E-state index < -0.39 is 11.6 Å². The Bertz CT molecular complexity index is 384. The standard InChI is InChI=1S/C13H17F2NO/c14-12-4-3-10(6-13(12)15)7-16-5-1-2-11(8-16)9-17/h3-4,6,11,17H,1-2,5,7-9H2. The van der Waals surface area contributed by atoms with E-state index in [1.165, 1.54) is 6.07 Å². The summed E-state index contributed by atoms with van der Waals surface area (Å²) in [5.74, 6) is -1.28. The molecule has 1 aromatic rings. The van der Waals surface area contributed by atoms with Crippen molar-refractivity contribution in [2.24, 2.45) is 5.92 Å². The molecule has 0 aliphatic carbocycles. The molecule has 94 valence electrons. The molecule has 1 aromatic carbocycles. The Morgan fingerprint density at radius 2 is 2.12 bits per heavy atom. The van der Waals surface area contributed by atoms with Gasteiger partial charge in [-0.25, -0.2) is 8.78 Å². The van der Waals surface area contributed by atoms with Crippen LogP contribution in [0.1, 0.15) is 18.4 Å². The zero-order valence-corrected chi connectivity index (χ0v) is 9.70. The molecule has 1 N–H and O–H groups in total. The summed E-state index contributed by atoms with van der Waals surface area (Å²) in [6.45, 7) is 2.60. The van der Waals surface area contributed by atoms with E-state index in [1.807, 2.05) is 0 Å². The molecule has 0 spiro atoms. The highest BCUT2D eigenvalue weighted by Crippen LogP contribution is 2.18. The Kier molecular flexibility index (Phi) is 4.07. The first-order chi connectivity index (χ1) is 8.19. The third-order valence-corrected chi connectivity index (χ3v) is 3.25. The van der Waals surface area contributed by atoms with Gasteiger partial charge in [-0.2, -0.15) is 0 Å². The second kappa shape index (κ2) is 5.56. The van der Waals surface area contributed by atoms with Crippen molar-refractivity contribution in [2.75, 3.05) is 19.7 Å². The predicted octanol–water partition coefficient (Wildman–Crippen LogP) is 2.17. The average Bonchev–Trinajstić information content (AvgIpc) is 2.34. The first-order valence-electron chi connectivity index (χ1n) is 5.96. The van der Waals surface area contributed by atoms with E-state index in [0.717, 1.165) is 37.6 Å². The molecule has 0 aromatic heterocycles. The normalized spacial score (nSPS) is 21.7. The van der Waals surface area contributed by atoms with Gasteiger partial charge in [0.25, 0.3) is 0 Å². The Labute approximate surface area is 99.9 Å². The van der Waals surface area contributed by atoms with Gasteiger partial charge in [-0.15, -0.1) is 0 Å². The van der Waals surface area contributed by atoms with Crippen LogP contribution in [0.3, 0.4) is 0 Å². The fourth-order valence-corrected chi connectivity index (χ4v) is 2.34. The van der Waals surface area contributed by atoms with Crippen LogP contribution < -0.4 is 0 Å². The molecule has 0 radical (unpaired) electrons. The summed E-state index contributed by atoms with van der Waals surface area (Å²) in [5.41, 5.74) is 0.780. The Balaban J connectivity index is 1.97. The minimum absolute atomic E-state index is 0.203. The quantitative estimate of drug-likeness (QED) is 0.876. The van der Waals surface area contributed by atoms with Crippen LogP contribution in [0.15, 0.2) is 18.2 Å². The van der Waals surface area contributed by atoms with Crippen molar-refractivity contribution in [2.45, 2.75) is 19.4 Å². The fraction of sp³-hybridized carbons (Fsp3) is 0.538. The smallest absolute Gasteiger partial charge is 0.159 e. The summed E-state index contributed by atoms with van der Waals surface area (Å²) in [7, 11) is 0. The zero-order valence-electron chi connectivity index (χ0n) is 9.70. The largest absolute Gasteiger partial charge is 0.396 e. The summed E-state index contributed by atoms with van der Waals surface area (Å²) in [4.78, 5) is 2.18. The lowest BCUT2D eigenvalue weighted by Crippen LogP contribution is -2.36. The molecule has 2 rings (SSSR count). The maximum absolute atomic E-state index is 13.0. The van der Waals surface area contributed by atoms with Crippen molar-refractivity contribution < 1.29 is 13.9 Å². The van der Waals surface area contributed by atoms with E-state index >= 15 is 0 Å². The minimum Gasteiger partial charge on any atom is -0.396 e.